The highest BCUT2D eigenvalue weighted by Gasteiger charge is 2.07. The van der Waals surface area contributed by atoms with Gasteiger partial charge in [-0.3, -0.25) is 4.57 Å². The molecule has 2 rings (SSSR count). The van der Waals surface area contributed by atoms with Gasteiger partial charge in [0.2, 0.25) is 0 Å². The van der Waals surface area contributed by atoms with E-state index in [9.17, 15) is 4.79 Å². The average molecular weight is 177 g/mol. The van der Waals surface area contributed by atoms with E-state index < -0.39 is 0 Å². The van der Waals surface area contributed by atoms with Crippen LogP contribution in [0.25, 0.3) is 11.1 Å². The Morgan fingerprint density at radius 1 is 1.31 bits per heavy atom. The van der Waals surface area contributed by atoms with E-state index in [2.05, 4.69) is 0 Å². The van der Waals surface area contributed by atoms with Gasteiger partial charge in [0.15, 0.2) is 5.58 Å². The van der Waals surface area contributed by atoms with Gasteiger partial charge in [-0.05, 0) is 31.0 Å². The van der Waals surface area contributed by atoms with Gasteiger partial charge in [0.25, 0.3) is 0 Å². The molecule has 0 spiro atoms. The van der Waals surface area contributed by atoms with E-state index in [1.54, 1.807) is 7.05 Å². The Kier molecular flexibility index (Phi) is 1.55. The topological polar surface area (TPSA) is 35.1 Å². The third kappa shape index (κ3) is 1.08. The summed E-state index contributed by atoms with van der Waals surface area (Å²) in [5.74, 6) is -0.302. The van der Waals surface area contributed by atoms with Gasteiger partial charge in [0.1, 0.15) is 0 Å². The van der Waals surface area contributed by atoms with Crippen LogP contribution in [-0.4, -0.2) is 4.57 Å². The molecule has 0 unspecified atom stereocenters. The molecule has 0 N–H and O–H groups in total. The number of fused-ring (bicyclic) bond motifs is 1. The standard InChI is InChI=1S/C10H11NO2/c1-6-4-7(2)9-8(5-6)11(3)10(12)13-9/h4-5H,1-3H3. The maximum Gasteiger partial charge on any atom is 0.419 e. The molecule has 0 fully saturated rings. The fourth-order valence-electron chi connectivity index (χ4n) is 1.57. The minimum atomic E-state index is -0.302. The number of hydrogen-bond acceptors (Lipinski definition) is 2. The van der Waals surface area contributed by atoms with Crippen LogP contribution in [0.4, 0.5) is 0 Å². The Labute approximate surface area is 75.6 Å². The maximum absolute atomic E-state index is 11.2. The first kappa shape index (κ1) is 8.10. The first-order valence-electron chi connectivity index (χ1n) is 4.16. The molecule has 68 valence electrons. The molecule has 3 heteroatoms. The fourth-order valence-corrected chi connectivity index (χ4v) is 1.57. The highest BCUT2D eigenvalue weighted by atomic mass is 16.4. The van der Waals surface area contributed by atoms with Crippen molar-refractivity contribution in [3.05, 3.63) is 33.8 Å². The van der Waals surface area contributed by atoms with E-state index in [0.29, 0.717) is 5.58 Å². The summed E-state index contributed by atoms with van der Waals surface area (Å²) >= 11 is 0. The molecule has 1 aromatic carbocycles. The van der Waals surface area contributed by atoms with E-state index >= 15 is 0 Å². The highest BCUT2D eigenvalue weighted by Crippen LogP contribution is 2.18. The maximum atomic E-state index is 11.2. The minimum absolute atomic E-state index is 0.302. The van der Waals surface area contributed by atoms with Crippen molar-refractivity contribution in [2.45, 2.75) is 13.8 Å². The van der Waals surface area contributed by atoms with Gasteiger partial charge in [-0.1, -0.05) is 6.07 Å². The van der Waals surface area contributed by atoms with Crippen LogP contribution in [0.1, 0.15) is 11.1 Å². The monoisotopic (exact) mass is 177 g/mol. The smallest absolute Gasteiger partial charge is 0.407 e. The molecule has 0 bridgehead atoms. The number of rotatable bonds is 0. The van der Waals surface area contributed by atoms with Crippen molar-refractivity contribution in [1.29, 1.82) is 0 Å². The molecule has 0 aliphatic rings. The van der Waals surface area contributed by atoms with E-state index in [1.807, 2.05) is 26.0 Å². The van der Waals surface area contributed by atoms with Crippen LogP contribution in [-0.2, 0) is 7.05 Å². The SMILES string of the molecule is Cc1cc(C)c2oc(=O)n(C)c2c1. The van der Waals surface area contributed by atoms with Crippen molar-refractivity contribution in [2.24, 2.45) is 7.05 Å². The van der Waals surface area contributed by atoms with Gasteiger partial charge in [-0.25, -0.2) is 4.79 Å². The molecule has 3 nitrogen and oxygen atoms in total. The van der Waals surface area contributed by atoms with Gasteiger partial charge in [-0.2, -0.15) is 0 Å². The molecule has 1 heterocycles. The molecular weight excluding hydrogens is 166 g/mol. The van der Waals surface area contributed by atoms with E-state index in [4.69, 9.17) is 4.42 Å². The number of hydrogen-bond donors (Lipinski definition) is 0. The fraction of sp³-hybridized carbons (Fsp3) is 0.300. The summed E-state index contributed by atoms with van der Waals surface area (Å²) in [4.78, 5) is 11.2. The minimum Gasteiger partial charge on any atom is -0.407 e. The van der Waals surface area contributed by atoms with Crippen LogP contribution in [0, 0.1) is 13.8 Å². The predicted octanol–water partition coefficient (Wildman–Crippen LogP) is 1.75. The number of oxazole rings is 1. The first-order chi connectivity index (χ1) is 6.09. The average Bonchev–Trinajstić information content (AvgIpc) is 2.32. The Morgan fingerprint density at radius 3 is 2.69 bits per heavy atom. The van der Waals surface area contributed by atoms with Gasteiger partial charge in [0, 0.05) is 7.05 Å². The molecule has 0 atom stereocenters. The lowest BCUT2D eigenvalue weighted by molar-refractivity contribution is 0.526. The van der Waals surface area contributed by atoms with Gasteiger partial charge < -0.3 is 4.42 Å². The summed E-state index contributed by atoms with van der Waals surface area (Å²) in [6.45, 7) is 3.95. The summed E-state index contributed by atoms with van der Waals surface area (Å²) in [5.41, 5.74) is 3.70. The lowest BCUT2D eigenvalue weighted by atomic mass is 10.1. The third-order valence-corrected chi connectivity index (χ3v) is 2.22. The lowest BCUT2D eigenvalue weighted by Gasteiger charge is -1.97. The van der Waals surface area contributed by atoms with Gasteiger partial charge >= 0.3 is 5.76 Å². The summed E-state index contributed by atoms with van der Waals surface area (Å²) in [5, 5.41) is 0. The second-order valence-corrected chi connectivity index (χ2v) is 3.36. The largest absolute Gasteiger partial charge is 0.419 e. The molecule has 13 heavy (non-hydrogen) atoms. The number of aromatic nitrogens is 1. The zero-order valence-electron chi connectivity index (χ0n) is 7.92. The summed E-state index contributed by atoms with van der Waals surface area (Å²) in [6, 6.07) is 3.96. The predicted molar refractivity (Wildman–Crippen MR) is 50.9 cm³/mol. The third-order valence-electron chi connectivity index (χ3n) is 2.22. The molecule has 0 aliphatic carbocycles. The van der Waals surface area contributed by atoms with Crippen molar-refractivity contribution >= 4 is 11.1 Å². The zero-order chi connectivity index (χ0) is 9.59. The van der Waals surface area contributed by atoms with Crippen LogP contribution in [0.3, 0.4) is 0 Å². The summed E-state index contributed by atoms with van der Waals surface area (Å²) < 4.78 is 6.61. The van der Waals surface area contributed by atoms with E-state index in [-0.39, 0.29) is 5.76 Å². The summed E-state index contributed by atoms with van der Waals surface area (Å²) in [6.07, 6.45) is 0. The lowest BCUT2D eigenvalue weighted by Crippen LogP contribution is -2.08. The second kappa shape index (κ2) is 2.49. The number of aryl methyl sites for hydroxylation is 3. The Hall–Kier alpha value is -1.51. The molecule has 2 aromatic rings. The van der Waals surface area contributed by atoms with Crippen molar-refractivity contribution < 1.29 is 4.42 Å². The van der Waals surface area contributed by atoms with Crippen molar-refractivity contribution in [3.63, 3.8) is 0 Å². The van der Waals surface area contributed by atoms with Crippen LogP contribution >= 0.6 is 0 Å². The van der Waals surface area contributed by atoms with Gasteiger partial charge in [0.05, 0.1) is 5.52 Å². The normalized spacial score (nSPS) is 11.0. The van der Waals surface area contributed by atoms with Crippen molar-refractivity contribution in [3.8, 4) is 0 Å². The van der Waals surface area contributed by atoms with Crippen LogP contribution in [0.2, 0.25) is 0 Å². The number of benzene rings is 1. The van der Waals surface area contributed by atoms with Crippen molar-refractivity contribution in [2.75, 3.05) is 0 Å². The molecule has 0 amide bonds. The Bertz CT molecular complexity index is 519. The molecule has 0 aliphatic heterocycles. The Balaban J connectivity index is 3.03. The number of nitrogens with zero attached hydrogens (tertiary/aromatic N) is 1. The van der Waals surface area contributed by atoms with E-state index in [0.717, 1.165) is 16.6 Å². The second-order valence-electron chi connectivity index (χ2n) is 3.36. The van der Waals surface area contributed by atoms with Crippen molar-refractivity contribution in [1.82, 2.24) is 4.57 Å². The highest BCUT2D eigenvalue weighted by molar-refractivity contribution is 5.77. The van der Waals surface area contributed by atoms with E-state index in [1.165, 1.54) is 4.57 Å². The first-order valence-corrected chi connectivity index (χ1v) is 4.16. The summed E-state index contributed by atoms with van der Waals surface area (Å²) in [7, 11) is 1.72. The molecule has 0 radical (unpaired) electrons. The van der Waals surface area contributed by atoms with Crippen LogP contribution in [0.5, 0.6) is 0 Å². The molecule has 0 saturated heterocycles. The quantitative estimate of drug-likeness (QED) is 0.614. The molecular formula is C10H11NO2. The molecule has 1 aromatic heterocycles. The van der Waals surface area contributed by atoms with Gasteiger partial charge in [-0.15, -0.1) is 0 Å². The molecule has 0 saturated carbocycles. The van der Waals surface area contributed by atoms with Crippen LogP contribution in [0.15, 0.2) is 21.3 Å². The van der Waals surface area contributed by atoms with Crippen LogP contribution < -0.4 is 5.76 Å². The zero-order valence-corrected chi connectivity index (χ0v) is 7.92. The Morgan fingerprint density at radius 2 is 2.00 bits per heavy atom.